The molecule has 6 nitrogen and oxygen atoms in total. The second kappa shape index (κ2) is 7.97. The van der Waals surface area contributed by atoms with Crippen LogP contribution in [-0.4, -0.2) is 15.9 Å². The molecule has 1 amide bonds. The van der Waals surface area contributed by atoms with Crippen LogP contribution in [0.15, 0.2) is 47.1 Å². The Morgan fingerprint density at radius 2 is 2.14 bits per heavy atom. The van der Waals surface area contributed by atoms with Gasteiger partial charge in [0.05, 0.1) is 23.5 Å². The van der Waals surface area contributed by atoms with Crippen LogP contribution in [-0.2, 0) is 23.8 Å². The van der Waals surface area contributed by atoms with Crippen molar-refractivity contribution in [2.24, 2.45) is 0 Å². The van der Waals surface area contributed by atoms with Crippen molar-refractivity contribution in [2.75, 3.05) is 5.32 Å². The van der Waals surface area contributed by atoms with E-state index in [1.807, 2.05) is 0 Å². The standard InChI is InChI=1S/C18H15ClF3N3O3/c1-18(21,22)16-5-4-14(28-16)9-25-8-13(7-23-25)24-17(26)27-10-11-2-3-12(20)6-15(11)19/h2-8H,9-10H2,1H3,(H,24,26). The molecule has 148 valence electrons. The molecular formula is C18H15ClF3N3O3. The van der Waals surface area contributed by atoms with Gasteiger partial charge in [0.15, 0.2) is 5.76 Å². The smallest absolute Gasteiger partial charge is 0.412 e. The van der Waals surface area contributed by atoms with E-state index in [1.54, 1.807) is 0 Å². The van der Waals surface area contributed by atoms with Crippen molar-refractivity contribution in [2.45, 2.75) is 26.0 Å². The molecule has 1 N–H and O–H groups in total. The van der Waals surface area contributed by atoms with Gasteiger partial charge in [-0.1, -0.05) is 17.7 Å². The van der Waals surface area contributed by atoms with Crippen molar-refractivity contribution in [3.63, 3.8) is 0 Å². The first kappa shape index (κ1) is 19.8. The Hall–Kier alpha value is -2.94. The van der Waals surface area contributed by atoms with E-state index in [9.17, 15) is 18.0 Å². The van der Waals surface area contributed by atoms with Crippen LogP contribution in [0, 0.1) is 5.82 Å². The number of aromatic nitrogens is 2. The van der Waals surface area contributed by atoms with Gasteiger partial charge in [-0.05, 0) is 24.3 Å². The van der Waals surface area contributed by atoms with Gasteiger partial charge in [-0.15, -0.1) is 0 Å². The number of carbonyl (C=O) groups is 1. The maximum atomic E-state index is 13.2. The topological polar surface area (TPSA) is 69.3 Å². The largest absolute Gasteiger partial charge is 0.458 e. The van der Waals surface area contributed by atoms with E-state index in [0.717, 1.165) is 13.0 Å². The molecular weight excluding hydrogens is 399 g/mol. The van der Waals surface area contributed by atoms with Crippen LogP contribution in [0.25, 0.3) is 0 Å². The monoisotopic (exact) mass is 413 g/mol. The SMILES string of the molecule is CC(F)(F)c1ccc(Cn2cc(NC(=O)OCc3ccc(F)cc3Cl)cn2)o1. The van der Waals surface area contributed by atoms with Crippen LogP contribution in [0.4, 0.5) is 23.7 Å². The van der Waals surface area contributed by atoms with Crippen LogP contribution in [0.1, 0.15) is 24.0 Å². The van der Waals surface area contributed by atoms with E-state index in [-0.39, 0.29) is 18.2 Å². The molecule has 0 unspecified atom stereocenters. The van der Waals surface area contributed by atoms with Gasteiger partial charge in [0.2, 0.25) is 0 Å². The van der Waals surface area contributed by atoms with Crippen molar-refractivity contribution < 1.29 is 27.1 Å². The summed E-state index contributed by atoms with van der Waals surface area (Å²) in [5.41, 5.74) is 0.790. The third-order valence-electron chi connectivity index (χ3n) is 3.67. The number of hydrogen-bond donors (Lipinski definition) is 1. The number of rotatable bonds is 6. The highest BCUT2D eigenvalue weighted by molar-refractivity contribution is 6.31. The van der Waals surface area contributed by atoms with E-state index in [2.05, 4.69) is 10.4 Å². The molecule has 0 atom stereocenters. The third kappa shape index (κ3) is 5.07. The zero-order chi connectivity index (χ0) is 20.3. The van der Waals surface area contributed by atoms with Crippen LogP contribution < -0.4 is 5.32 Å². The summed E-state index contributed by atoms with van der Waals surface area (Å²) < 4.78 is 50.9. The minimum Gasteiger partial charge on any atom is -0.458 e. The van der Waals surface area contributed by atoms with Gasteiger partial charge < -0.3 is 9.15 Å². The van der Waals surface area contributed by atoms with Crippen molar-refractivity contribution in [3.8, 4) is 0 Å². The van der Waals surface area contributed by atoms with E-state index >= 15 is 0 Å². The minimum atomic E-state index is -3.06. The summed E-state index contributed by atoms with van der Waals surface area (Å²) in [5.74, 6) is -3.70. The number of benzene rings is 1. The molecule has 3 rings (SSSR count). The summed E-state index contributed by atoms with van der Waals surface area (Å²) in [6.45, 7) is 0.716. The van der Waals surface area contributed by atoms with Gasteiger partial charge in [-0.3, -0.25) is 10.00 Å². The Bertz CT molecular complexity index is 982. The maximum absolute atomic E-state index is 13.2. The number of ether oxygens (including phenoxy) is 1. The summed E-state index contributed by atoms with van der Waals surface area (Å²) >= 11 is 5.86. The second-order valence-electron chi connectivity index (χ2n) is 6.02. The number of nitrogens with zero attached hydrogens (tertiary/aromatic N) is 2. The van der Waals surface area contributed by atoms with Gasteiger partial charge in [-0.2, -0.15) is 13.9 Å². The Morgan fingerprint density at radius 3 is 2.82 bits per heavy atom. The lowest BCUT2D eigenvalue weighted by Gasteiger charge is -2.07. The van der Waals surface area contributed by atoms with Gasteiger partial charge in [0.1, 0.15) is 18.2 Å². The Morgan fingerprint density at radius 1 is 1.36 bits per heavy atom. The van der Waals surface area contributed by atoms with Crippen molar-refractivity contribution in [3.05, 3.63) is 70.6 Å². The number of furan rings is 1. The molecule has 0 aliphatic heterocycles. The number of carbonyl (C=O) groups excluding carboxylic acids is 1. The number of anilines is 1. The van der Waals surface area contributed by atoms with Crippen molar-refractivity contribution in [1.82, 2.24) is 9.78 Å². The van der Waals surface area contributed by atoms with Crippen molar-refractivity contribution in [1.29, 1.82) is 0 Å². The Balaban J connectivity index is 1.54. The van der Waals surface area contributed by atoms with Gasteiger partial charge in [0, 0.05) is 18.7 Å². The van der Waals surface area contributed by atoms with E-state index in [0.29, 0.717) is 17.0 Å². The van der Waals surface area contributed by atoms with Crippen LogP contribution in [0.3, 0.4) is 0 Å². The van der Waals surface area contributed by atoms with Crippen LogP contribution >= 0.6 is 11.6 Å². The molecule has 2 aromatic heterocycles. The molecule has 0 saturated heterocycles. The zero-order valence-corrected chi connectivity index (χ0v) is 15.3. The molecule has 10 heteroatoms. The number of halogens is 4. The number of nitrogens with one attached hydrogen (secondary N) is 1. The molecule has 2 heterocycles. The predicted octanol–water partition coefficient (Wildman–Crippen LogP) is 5.18. The highest BCUT2D eigenvalue weighted by Gasteiger charge is 2.28. The minimum absolute atomic E-state index is 0.109. The molecule has 3 aromatic rings. The molecule has 0 spiro atoms. The first-order chi connectivity index (χ1) is 13.2. The van der Waals surface area contributed by atoms with Gasteiger partial charge in [-0.25, -0.2) is 9.18 Å². The molecule has 28 heavy (non-hydrogen) atoms. The average molecular weight is 414 g/mol. The highest BCUT2D eigenvalue weighted by Crippen LogP contribution is 2.28. The molecule has 0 radical (unpaired) electrons. The molecule has 1 aromatic carbocycles. The zero-order valence-electron chi connectivity index (χ0n) is 14.6. The van der Waals surface area contributed by atoms with E-state index in [4.69, 9.17) is 20.8 Å². The van der Waals surface area contributed by atoms with Crippen LogP contribution in [0.5, 0.6) is 0 Å². The van der Waals surface area contributed by atoms with E-state index < -0.39 is 23.6 Å². The predicted molar refractivity (Wildman–Crippen MR) is 94.8 cm³/mol. The second-order valence-corrected chi connectivity index (χ2v) is 6.42. The third-order valence-corrected chi connectivity index (χ3v) is 4.02. The van der Waals surface area contributed by atoms with E-state index in [1.165, 1.54) is 41.3 Å². The summed E-state index contributed by atoms with van der Waals surface area (Å²) in [6.07, 6.45) is 2.09. The maximum Gasteiger partial charge on any atom is 0.412 e. The Labute approximate surface area is 162 Å². The lowest BCUT2D eigenvalue weighted by molar-refractivity contribution is -0.00636. The fraction of sp³-hybridized carbons (Fsp3) is 0.222. The fourth-order valence-corrected chi connectivity index (χ4v) is 2.53. The van der Waals surface area contributed by atoms with Gasteiger partial charge >= 0.3 is 12.0 Å². The average Bonchev–Trinajstić information content (AvgIpc) is 3.24. The summed E-state index contributed by atoms with van der Waals surface area (Å²) in [7, 11) is 0. The summed E-state index contributed by atoms with van der Waals surface area (Å²) in [4.78, 5) is 11.9. The molecule has 0 aliphatic carbocycles. The van der Waals surface area contributed by atoms with Crippen molar-refractivity contribution >= 4 is 23.4 Å². The Kier molecular flexibility index (Phi) is 5.64. The molecule has 0 saturated carbocycles. The fourth-order valence-electron chi connectivity index (χ4n) is 2.31. The molecule has 0 fully saturated rings. The van der Waals surface area contributed by atoms with Gasteiger partial charge in [0.25, 0.3) is 0 Å². The van der Waals surface area contributed by atoms with Crippen LogP contribution in [0.2, 0.25) is 5.02 Å². The summed E-state index contributed by atoms with van der Waals surface area (Å²) in [5, 5.41) is 6.63. The quantitative estimate of drug-likeness (QED) is 0.604. The number of amides is 1. The lowest BCUT2D eigenvalue weighted by Crippen LogP contribution is -2.13. The lowest BCUT2D eigenvalue weighted by atomic mass is 10.2. The highest BCUT2D eigenvalue weighted by atomic mass is 35.5. The first-order valence-electron chi connectivity index (χ1n) is 8.08. The molecule has 0 bridgehead atoms. The normalized spacial score (nSPS) is 11.5. The summed E-state index contributed by atoms with van der Waals surface area (Å²) in [6, 6.07) is 6.39. The number of hydrogen-bond acceptors (Lipinski definition) is 4. The molecule has 0 aliphatic rings. The first-order valence-corrected chi connectivity index (χ1v) is 8.45. The number of alkyl halides is 2.